The van der Waals surface area contributed by atoms with Crippen LogP contribution < -0.4 is 10.2 Å². The molecule has 2 unspecified atom stereocenters. The highest BCUT2D eigenvalue weighted by atomic mass is 16.5. The number of carbonyl (C=O) groups is 3. The zero-order valence-corrected chi connectivity index (χ0v) is 13.3. The number of benzene rings is 1. The molecule has 7 heteroatoms. The minimum Gasteiger partial charge on any atom is -0.479 e. The number of hydrogen-bond donors (Lipinski definition) is 2. The summed E-state index contributed by atoms with van der Waals surface area (Å²) in [6.07, 6.45) is -0.589. The van der Waals surface area contributed by atoms with Gasteiger partial charge in [0.2, 0.25) is 11.8 Å². The van der Waals surface area contributed by atoms with Gasteiger partial charge in [0, 0.05) is 11.7 Å². The van der Waals surface area contributed by atoms with Crippen LogP contribution in [-0.4, -0.2) is 47.2 Å². The zero-order valence-electron chi connectivity index (χ0n) is 13.3. The van der Waals surface area contributed by atoms with E-state index in [4.69, 9.17) is 9.84 Å². The lowest BCUT2D eigenvalue weighted by molar-refractivity contribution is -0.152. The molecule has 2 heterocycles. The number of carboxylic acid groups (broad SMARTS) is 1. The zero-order chi connectivity index (χ0) is 17.3. The topological polar surface area (TPSA) is 95.9 Å². The first-order chi connectivity index (χ1) is 11.5. The lowest BCUT2D eigenvalue weighted by Crippen LogP contribution is -2.46. The Morgan fingerprint density at radius 2 is 1.88 bits per heavy atom. The molecule has 2 aliphatic heterocycles. The number of carbonyl (C=O) groups excluding carboxylic acids is 2. The second kappa shape index (κ2) is 6.60. The lowest BCUT2D eigenvalue weighted by atomic mass is 10.1. The van der Waals surface area contributed by atoms with Gasteiger partial charge in [-0.3, -0.25) is 9.59 Å². The number of rotatable bonds is 4. The van der Waals surface area contributed by atoms with E-state index in [1.54, 1.807) is 4.90 Å². The Bertz CT molecular complexity index is 648. The van der Waals surface area contributed by atoms with Crippen molar-refractivity contribution in [1.82, 2.24) is 5.32 Å². The average Bonchev–Trinajstić information content (AvgIpc) is 3.14. The Kier molecular flexibility index (Phi) is 4.53. The molecule has 4 atom stereocenters. The molecule has 1 aromatic carbocycles. The van der Waals surface area contributed by atoms with E-state index in [2.05, 4.69) is 5.32 Å². The van der Waals surface area contributed by atoms with E-state index >= 15 is 0 Å². The van der Waals surface area contributed by atoms with Crippen molar-refractivity contribution in [2.45, 2.75) is 50.5 Å². The number of carboxylic acids is 1. The second-order valence-corrected chi connectivity index (χ2v) is 6.22. The molecule has 1 aromatic rings. The number of para-hydroxylation sites is 1. The van der Waals surface area contributed by atoms with Gasteiger partial charge in [-0.25, -0.2) is 4.79 Å². The SMILES string of the molecule is CC1CC(NC(=O)[C@@H]2CC[C@H](C(=O)O)O2)C(=O)N1c1ccccc1. The van der Waals surface area contributed by atoms with Crippen molar-refractivity contribution in [2.24, 2.45) is 0 Å². The molecule has 2 amide bonds. The van der Waals surface area contributed by atoms with E-state index in [1.807, 2.05) is 37.3 Å². The quantitative estimate of drug-likeness (QED) is 0.855. The van der Waals surface area contributed by atoms with Crippen LogP contribution in [0.15, 0.2) is 30.3 Å². The molecular weight excluding hydrogens is 312 g/mol. The molecule has 2 aliphatic rings. The third-order valence-corrected chi connectivity index (χ3v) is 4.49. The van der Waals surface area contributed by atoms with Crippen LogP contribution >= 0.6 is 0 Å². The van der Waals surface area contributed by atoms with Gasteiger partial charge >= 0.3 is 5.97 Å². The summed E-state index contributed by atoms with van der Waals surface area (Å²) in [5, 5.41) is 11.6. The average molecular weight is 332 g/mol. The van der Waals surface area contributed by atoms with Gasteiger partial charge in [-0.1, -0.05) is 18.2 Å². The van der Waals surface area contributed by atoms with Crippen molar-refractivity contribution < 1.29 is 24.2 Å². The van der Waals surface area contributed by atoms with Gasteiger partial charge in [0.05, 0.1) is 0 Å². The summed E-state index contributed by atoms with van der Waals surface area (Å²) in [4.78, 5) is 37.5. The normalized spacial score (nSPS) is 29.7. The summed E-state index contributed by atoms with van der Waals surface area (Å²) in [6.45, 7) is 1.93. The largest absolute Gasteiger partial charge is 0.479 e. The monoisotopic (exact) mass is 332 g/mol. The fraction of sp³-hybridized carbons (Fsp3) is 0.471. The van der Waals surface area contributed by atoms with Crippen LogP contribution in [0.3, 0.4) is 0 Å². The van der Waals surface area contributed by atoms with Gasteiger partial charge in [0.25, 0.3) is 0 Å². The minimum absolute atomic E-state index is 0.0264. The maximum atomic E-state index is 12.6. The first kappa shape index (κ1) is 16.4. The summed E-state index contributed by atoms with van der Waals surface area (Å²) in [5.41, 5.74) is 0.801. The van der Waals surface area contributed by atoms with E-state index in [1.165, 1.54) is 0 Å². The molecule has 3 rings (SSSR count). The predicted molar refractivity (Wildman–Crippen MR) is 85.5 cm³/mol. The number of nitrogens with one attached hydrogen (secondary N) is 1. The summed E-state index contributed by atoms with van der Waals surface area (Å²) in [7, 11) is 0. The molecule has 0 aliphatic carbocycles. The fourth-order valence-electron chi connectivity index (χ4n) is 3.30. The Morgan fingerprint density at radius 1 is 1.21 bits per heavy atom. The van der Waals surface area contributed by atoms with Crippen LogP contribution in [-0.2, 0) is 19.1 Å². The maximum absolute atomic E-state index is 12.6. The highest BCUT2D eigenvalue weighted by Gasteiger charge is 2.41. The number of nitrogens with zero attached hydrogens (tertiary/aromatic N) is 1. The van der Waals surface area contributed by atoms with Crippen molar-refractivity contribution in [2.75, 3.05) is 4.90 Å². The molecule has 128 valence electrons. The molecule has 24 heavy (non-hydrogen) atoms. The molecular formula is C17H20N2O5. The fourth-order valence-corrected chi connectivity index (χ4v) is 3.30. The van der Waals surface area contributed by atoms with Gasteiger partial charge in [-0.2, -0.15) is 0 Å². The van der Waals surface area contributed by atoms with Gasteiger partial charge in [-0.15, -0.1) is 0 Å². The Labute approximate surface area is 139 Å². The number of aliphatic carboxylic acids is 1. The van der Waals surface area contributed by atoms with Gasteiger partial charge in [0.1, 0.15) is 12.1 Å². The van der Waals surface area contributed by atoms with Crippen LogP contribution in [0.5, 0.6) is 0 Å². The van der Waals surface area contributed by atoms with Crippen molar-refractivity contribution in [3.8, 4) is 0 Å². The number of anilines is 1. The van der Waals surface area contributed by atoms with Crippen molar-refractivity contribution in [3.05, 3.63) is 30.3 Å². The summed E-state index contributed by atoms with van der Waals surface area (Å²) in [5.74, 6) is -1.64. The Balaban J connectivity index is 1.63. The minimum atomic E-state index is -1.06. The lowest BCUT2D eigenvalue weighted by Gasteiger charge is -2.21. The number of ether oxygens (including phenoxy) is 1. The van der Waals surface area contributed by atoms with Crippen molar-refractivity contribution >= 4 is 23.5 Å². The van der Waals surface area contributed by atoms with E-state index in [-0.39, 0.29) is 11.9 Å². The molecule has 0 radical (unpaired) electrons. The van der Waals surface area contributed by atoms with Crippen molar-refractivity contribution in [3.63, 3.8) is 0 Å². The molecule has 2 fully saturated rings. The van der Waals surface area contributed by atoms with Gasteiger partial charge in [0.15, 0.2) is 6.10 Å². The molecule has 0 spiro atoms. The van der Waals surface area contributed by atoms with E-state index in [0.29, 0.717) is 19.3 Å². The van der Waals surface area contributed by atoms with Gasteiger partial charge < -0.3 is 20.1 Å². The summed E-state index contributed by atoms with van der Waals surface area (Å²) in [6, 6.07) is 8.68. The summed E-state index contributed by atoms with van der Waals surface area (Å²) < 4.78 is 5.23. The maximum Gasteiger partial charge on any atom is 0.332 e. The van der Waals surface area contributed by atoms with Crippen LogP contribution in [0.25, 0.3) is 0 Å². The highest BCUT2D eigenvalue weighted by molar-refractivity contribution is 6.02. The number of hydrogen-bond acceptors (Lipinski definition) is 4. The predicted octanol–water partition coefficient (Wildman–Crippen LogP) is 0.929. The van der Waals surface area contributed by atoms with Crippen LogP contribution in [0.1, 0.15) is 26.2 Å². The van der Waals surface area contributed by atoms with E-state index in [0.717, 1.165) is 5.69 Å². The van der Waals surface area contributed by atoms with Crippen LogP contribution in [0.2, 0.25) is 0 Å². The first-order valence-electron chi connectivity index (χ1n) is 8.04. The Morgan fingerprint density at radius 3 is 2.50 bits per heavy atom. The summed E-state index contributed by atoms with van der Waals surface area (Å²) >= 11 is 0. The van der Waals surface area contributed by atoms with E-state index < -0.39 is 30.1 Å². The third-order valence-electron chi connectivity index (χ3n) is 4.49. The van der Waals surface area contributed by atoms with Crippen molar-refractivity contribution in [1.29, 1.82) is 0 Å². The standard InChI is InChI=1S/C17H20N2O5/c1-10-9-12(16(21)19(10)11-5-3-2-4-6-11)18-15(20)13-7-8-14(24-13)17(22)23/h2-6,10,12-14H,7-9H2,1H3,(H,18,20)(H,22,23)/t10?,12?,13-,14+/m0/s1. The highest BCUT2D eigenvalue weighted by Crippen LogP contribution is 2.27. The number of amides is 2. The smallest absolute Gasteiger partial charge is 0.332 e. The van der Waals surface area contributed by atoms with Crippen LogP contribution in [0, 0.1) is 0 Å². The van der Waals surface area contributed by atoms with E-state index in [9.17, 15) is 14.4 Å². The Hall–Kier alpha value is -2.41. The molecule has 7 nitrogen and oxygen atoms in total. The first-order valence-corrected chi connectivity index (χ1v) is 8.04. The molecule has 2 N–H and O–H groups in total. The molecule has 0 aromatic heterocycles. The molecule has 2 saturated heterocycles. The molecule has 0 saturated carbocycles. The third kappa shape index (κ3) is 3.12. The van der Waals surface area contributed by atoms with Crippen LogP contribution in [0.4, 0.5) is 5.69 Å². The molecule has 0 bridgehead atoms. The second-order valence-electron chi connectivity index (χ2n) is 6.22. The van der Waals surface area contributed by atoms with Gasteiger partial charge in [-0.05, 0) is 38.3 Å².